The highest BCUT2D eigenvalue weighted by Crippen LogP contribution is 2.29. The Morgan fingerprint density at radius 2 is 0.708 bits per heavy atom. The fourth-order valence-corrected chi connectivity index (χ4v) is 3.86. The monoisotopic (exact) mass is 337 g/mol. The van der Waals surface area contributed by atoms with Crippen LogP contribution < -0.4 is 0 Å². The van der Waals surface area contributed by atoms with Gasteiger partial charge < -0.3 is 0 Å². The van der Waals surface area contributed by atoms with Gasteiger partial charge in [-0.1, -0.05) is 137 Å². The molecule has 0 rings (SSSR count). The Labute approximate surface area is 155 Å². The van der Waals surface area contributed by atoms with E-state index in [4.69, 9.17) is 0 Å². The molecule has 1 unspecified atom stereocenters. The summed E-state index contributed by atoms with van der Waals surface area (Å²) in [4.78, 5) is 0. The molecular formula is C24H49. The molecule has 0 heteroatoms. The van der Waals surface area contributed by atoms with Crippen LogP contribution in [0, 0.1) is 18.3 Å². The summed E-state index contributed by atoms with van der Waals surface area (Å²) in [5, 5.41) is 0. The number of rotatable bonds is 19. The van der Waals surface area contributed by atoms with E-state index in [-0.39, 0.29) is 0 Å². The molecule has 0 spiro atoms. The Kier molecular flexibility index (Phi) is 19.3. The third kappa shape index (κ3) is 15.5. The lowest BCUT2D eigenvalue weighted by Crippen LogP contribution is -2.11. The van der Waals surface area contributed by atoms with E-state index in [9.17, 15) is 0 Å². The van der Waals surface area contributed by atoms with Crippen molar-refractivity contribution in [3.8, 4) is 0 Å². The molecule has 0 fully saturated rings. The van der Waals surface area contributed by atoms with Crippen LogP contribution in [0.2, 0.25) is 0 Å². The second kappa shape index (κ2) is 19.3. The average molecular weight is 338 g/mol. The molecule has 0 bridgehead atoms. The van der Waals surface area contributed by atoms with Gasteiger partial charge in [0.15, 0.2) is 0 Å². The first-order valence-electron chi connectivity index (χ1n) is 11.6. The Hall–Kier alpha value is 0. The van der Waals surface area contributed by atoms with Gasteiger partial charge in [0.2, 0.25) is 0 Å². The Balaban J connectivity index is 4.33. The van der Waals surface area contributed by atoms with Crippen molar-refractivity contribution >= 4 is 0 Å². The summed E-state index contributed by atoms with van der Waals surface area (Å²) in [5.74, 6) is 1.81. The molecule has 1 radical (unpaired) electrons. The van der Waals surface area contributed by atoms with Gasteiger partial charge >= 0.3 is 0 Å². The minimum absolute atomic E-state index is 0.904. The molecule has 0 aliphatic heterocycles. The van der Waals surface area contributed by atoms with Crippen molar-refractivity contribution in [2.75, 3.05) is 0 Å². The molecule has 0 N–H and O–H groups in total. The summed E-state index contributed by atoms with van der Waals surface area (Å²) in [6.07, 6.45) is 27.0. The second-order valence-electron chi connectivity index (χ2n) is 8.05. The fourth-order valence-electron chi connectivity index (χ4n) is 3.86. The predicted molar refractivity (Wildman–Crippen MR) is 112 cm³/mol. The van der Waals surface area contributed by atoms with Gasteiger partial charge in [-0.2, -0.15) is 0 Å². The molecule has 145 valence electrons. The van der Waals surface area contributed by atoms with Crippen molar-refractivity contribution in [2.45, 2.75) is 137 Å². The van der Waals surface area contributed by atoms with E-state index in [1.807, 2.05) is 0 Å². The topological polar surface area (TPSA) is 0 Å². The maximum absolute atomic E-state index is 2.83. The molecule has 1 atom stereocenters. The van der Waals surface area contributed by atoms with E-state index in [0.717, 1.165) is 11.8 Å². The van der Waals surface area contributed by atoms with E-state index < -0.39 is 0 Å². The minimum Gasteiger partial charge on any atom is -0.0654 e. The van der Waals surface area contributed by atoms with Gasteiger partial charge in [0.1, 0.15) is 0 Å². The first kappa shape index (κ1) is 24.0. The van der Waals surface area contributed by atoms with Gasteiger partial charge in [-0.05, 0) is 18.3 Å². The lowest BCUT2D eigenvalue weighted by molar-refractivity contribution is 0.368. The highest BCUT2D eigenvalue weighted by atomic mass is 14.2. The fraction of sp³-hybridized carbons (Fsp3) is 0.958. The summed E-state index contributed by atoms with van der Waals surface area (Å²) in [6.45, 7) is 9.31. The van der Waals surface area contributed by atoms with Gasteiger partial charge in [0.05, 0.1) is 0 Å². The molecule has 0 heterocycles. The van der Waals surface area contributed by atoms with Crippen LogP contribution in [0.3, 0.4) is 0 Å². The quantitative estimate of drug-likeness (QED) is 0.206. The molecule has 0 aromatic rings. The van der Waals surface area contributed by atoms with E-state index in [1.54, 1.807) is 0 Å². The second-order valence-corrected chi connectivity index (χ2v) is 8.05. The minimum atomic E-state index is 0.904. The number of unbranched alkanes of at least 4 members (excludes halogenated alkanes) is 9. The van der Waals surface area contributed by atoms with Crippen molar-refractivity contribution < 1.29 is 0 Å². The summed E-state index contributed by atoms with van der Waals surface area (Å²) in [5.41, 5.74) is 0. The van der Waals surface area contributed by atoms with E-state index in [2.05, 4.69) is 34.1 Å². The molecule has 0 nitrogen and oxygen atoms in total. The lowest BCUT2D eigenvalue weighted by Gasteiger charge is -2.24. The van der Waals surface area contributed by atoms with Gasteiger partial charge in [0.25, 0.3) is 0 Å². The molecule has 0 aromatic heterocycles. The Bertz CT molecular complexity index is 210. The molecule has 0 aliphatic rings. The molecular weight excluding hydrogens is 288 g/mol. The third-order valence-corrected chi connectivity index (χ3v) is 5.51. The summed E-state index contributed by atoms with van der Waals surface area (Å²) >= 11 is 0. The van der Waals surface area contributed by atoms with Crippen molar-refractivity contribution in [1.82, 2.24) is 0 Å². The molecule has 0 aliphatic carbocycles. The van der Waals surface area contributed by atoms with Crippen LogP contribution in [0.25, 0.3) is 0 Å². The summed E-state index contributed by atoms with van der Waals surface area (Å²) < 4.78 is 0. The molecule has 0 saturated carbocycles. The van der Waals surface area contributed by atoms with Crippen LogP contribution in [0.5, 0.6) is 0 Å². The lowest BCUT2D eigenvalue weighted by atomic mass is 9.82. The van der Waals surface area contributed by atoms with Crippen molar-refractivity contribution in [1.29, 1.82) is 0 Å². The van der Waals surface area contributed by atoms with Crippen LogP contribution in [-0.2, 0) is 0 Å². The predicted octanol–water partition coefficient (Wildman–Crippen LogP) is 9.13. The SMILES string of the molecule is CCCCCCC([CH]C(CCCCC)CCCCC)CCCCC. The highest BCUT2D eigenvalue weighted by molar-refractivity contribution is 4.84. The van der Waals surface area contributed by atoms with Gasteiger partial charge in [0, 0.05) is 0 Å². The largest absolute Gasteiger partial charge is 0.0654 e. The van der Waals surface area contributed by atoms with E-state index >= 15 is 0 Å². The Morgan fingerprint density at radius 1 is 0.417 bits per heavy atom. The van der Waals surface area contributed by atoms with Crippen LogP contribution in [-0.4, -0.2) is 0 Å². The van der Waals surface area contributed by atoms with Crippen LogP contribution in [0.1, 0.15) is 137 Å². The van der Waals surface area contributed by atoms with Crippen LogP contribution in [0.15, 0.2) is 0 Å². The van der Waals surface area contributed by atoms with Gasteiger partial charge in [-0.25, -0.2) is 0 Å². The van der Waals surface area contributed by atoms with Crippen LogP contribution >= 0.6 is 0 Å². The standard InChI is InChI=1S/C24H49/c1-5-9-13-17-21-24(20-16-12-8-4)22-23(18-14-10-6-2)19-15-11-7-3/h22-24H,5-21H2,1-4H3. The zero-order valence-electron chi connectivity index (χ0n) is 17.8. The molecule has 0 amide bonds. The van der Waals surface area contributed by atoms with E-state index in [1.165, 1.54) is 109 Å². The smallest absolute Gasteiger partial charge is 0.0324 e. The average Bonchev–Trinajstić information content (AvgIpc) is 2.58. The van der Waals surface area contributed by atoms with Crippen molar-refractivity contribution in [3.05, 3.63) is 6.42 Å². The zero-order valence-corrected chi connectivity index (χ0v) is 17.8. The normalized spacial score (nSPS) is 12.9. The maximum atomic E-state index is 2.83. The Morgan fingerprint density at radius 3 is 1.04 bits per heavy atom. The third-order valence-electron chi connectivity index (χ3n) is 5.51. The highest BCUT2D eigenvalue weighted by Gasteiger charge is 2.16. The summed E-state index contributed by atoms with van der Waals surface area (Å²) in [7, 11) is 0. The van der Waals surface area contributed by atoms with Gasteiger partial charge in [-0.3, -0.25) is 0 Å². The van der Waals surface area contributed by atoms with Crippen molar-refractivity contribution in [3.63, 3.8) is 0 Å². The van der Waals surface area contributed by atoms with Crippen LogP contribution in [0.4, 0.5) is 0 Å². The summed E-state index contributed by atoms with van der Waals surface area (Å²) in [6, 6.07) is 0. The first-order chi connectivity index (χ1) is 11.8. The molecule has 0 saturated heterocycles. The molecule has 24 heavy (non-hydrogen) atoms. The number of hydrogen-bond acceptors (Lipinski definition) is 0. The number of hydrogen-bond donors (Lipinski definition) is 0. The van der Waals surface area contributed by atoms with Gasteiger partial charge in [-0.15, -0.1) is 0 Å². The van der Waals surface area contributed by atoms with E-state index in [0.29, 0.717) is 0 Å². The molecule has 0 aromatic carbocycles. The maximum Gasteiger partial charge on any atom is -0.0324 e. The zero-order chi connectivity index (χ0) is 17.9. The first-order valence-corrected chi connectivity index (χ1v) is 11.6. The van der Waals surface area contributed by atoms with Crippen molar-refractivity contribution in [2.24, 2.45) is 11.8 Å².